The Labute approximate surface area is 147 Å². The molecular formula is C15H16N2O5S2. The van der Waals surface area contributed by atoms with Crippen LogP contribution >= 0.6 is 23.5 Å². The molecule has 0 bridgehead atoms. The molecule has 128 valence electrons. The number of rotatable bonds is 6. The first-order chi connectivity index (χ1) is 11.5. The van der Waals surface area contributed by atoms with Crippen LogP contribution in [0.1, 0.15) is 0 Å². The van der Waals surface area contributed by atoms with E-state index in [1.165, 1.54) is 28.4 Å². The monoisotopic (exact) mass is 368 g/mol. The molecule has 1 aromatic carbocycles. The van der Waals surface area contributed by atoms with Gasteiger partial charge in [-0.15, -0.1) is 23.5 Å². The molecule has 2 aliphatic heterocycles. The van der Waals surface area contributed by atoms with Crippen LogP contribution in [0.15, 0.2) is 30.3 Å². The molecule has 2 aliphatic rings. The Kier molecular flexibility index (Phi) is 4.64. The maximum Gasteiger partial charge on any atom is 0.327 e. The maximum atomic E-state index is 12.5. The second-order valence-electron chi connectivity index (χ2n) is 5.34. The van der Waals surface area contributed by atoms with Gasteiger partial charge in [0.05, 0.1) is 0 Å². The fourth-order valence-corrected chi connectivity index (χ4v) is 5.52. The number of hydrogen-bond donors (Lipinski definition) is 2. The van der Waals surface area contributed by atoms with Gasteiger partial charge in [0.25, 0.3) is 11.8 Å². The summed E-state index contributed by atoms with van der Waals surface area (Å²) < 4.78 is 5.39. The quantitative estimate of drug-likeness (QED) is 0.561. The highest BCUT2D eigenvalue weighted by molar-refractivity contribution is 8.05. The molecule has 9 heteroatoms. The first-order valence-corrected chi connectivity index (χ1v) is 9.48. The summed E-state index contributed by atoms with van der Waals surface area (Å²) in [5.41, 5.74) is 0. The predicted molar refractivity (Wildman–Crippen MR) is 90.8 cm³/mol. The number of carbonyl (C=O) groups is 3. The molecule has 2 saturated heterocycles. The summed E-state index contributed by atoms with van der Waals surface area (Å²) in [5, 5.41) is 11.5. The fourth-order valence-electron chi connectivity index (χ4n) is 2.75. The molecule has 0 aliphatic carbocycles. The molecule has 7 nitrogen and oxygen atoms in total. The van der Waals surface area contributed by atoms with Crippen LogP contribution in [0.2, 0.25) is 0 Å². The number of ether oxygens (including phenoxy) is 1. The van der Waals surface area contributed by atoms with E-state index < -0.39 is 22.8 Å². The highest BCUT2D eigenvalue weighted by atomic mass is 32.2. The number of fused-ring (bicyclic) bond motifs is 1. The molecule has 24 heavy (non-hydrogen) atoms. The minimum absolute atomic E-state index is 0.209. The summed E-state index contributed by atoms with van der Waals surface area (Å²) in [7, 11) is 0. The SMILES string of the molecule is CS[C@@]1(NC(=O)COc2ccccc2)C(=O)N2C(C(=O)O)CS[C@H]21. The Morgan fingerprint density at radius 1 is 1.46 bits per heavy atom. The van der Waals surface area contributed by atoms with Gasteiger partial charge in [0, 0.05) is 5.75 Å². The largest absolute Gasteiger partial charge is 0.484 e. The van der Waals surface area contributed by atoms with Crippen LogP contribution in [0.3, 0.4) is 0 Å². The van der Waals surface area contributed by atoms with E-state index in [-0.39, 0.29) is 17.9 Å². The normalized spacial score (nSPS) is 28.0. The molecule has 2 fully saturated rings. The Morgan fingerprint density at radius 3 is 2.79 bits per heavy atom. The number of β-lactam (4-membered cyclic amide) rings is 1. The lowest BCUT2D eigenvalue weighted by molar-refractivity contribution is -0.161. The minimum Gasteiger partial charge on any atom is -0.484 e. The third-order valence-electron chi connectivity index (χ3n) is 3.95. The van der Waals surface area contributed by atoms with Crippen LogP contribution in [-0.2, 0) is 14.4 Å². The molecule has 0 saturated carbocycles. The second kappa shape index (κ2) is 6.56. The van der Waals surface area contributed by atoms with Crippen molar-refractivity contribution >= 4 is 41.3 Å². The first-order valence-electron chi connectivity index (χ1n) is 7.21. The summed E-state index contributed by atoms with van der Waals surface area (Å²) >= 11 is 2.58. The van der Waals surface area contributed by atoms with Crippen LogP contribution in [0, 0.1) is 0 Å². The molecule has 0 aromatic heterocycles. The topological polar surface area (TPSA) is 95.9 Å². The Bertz CT molecular complexity index is 671. The van der Waals surface area contributed by atoms with E-state index in [2.05, 4.69) is 5.32 Å². The molecular weight excluding hydrogens is 352 g/mol. The number of thioether (sulfide) groups is 2. The smallest absolute Gasteiger partial charge is 0.327 e. The summed E-state index contributed by atoms with van der Waals surface area (Å²) in [6.07, 6.45) is 1.72. The van der Waals surface area contributed by atoms with E-state index >= 15 is 0 Å². The Hall–Kier alpha value is -1.87. The number of hydrogen-bond acceptors (Lipinski definition) is 6. The van der Waals surface area contributed by atoms with E-state index in [0.717, 1.165) is 0 Å². The van der Waals surface area contributed by atoms with Crippen molar-refractivity contribution in [2.75, 3.05) is 18.6 Å². The number of benzene rings is 1. The van der Waals surface area contributed by atoms with Gasteiger partial charge in [-0.25, -0.2) is 4.79 Å². The van der Waals surface area contributed by atoms with Crippen LogP contribution in [0.4, 0.5) is 0 Å². The highest BCUT2D eigenvalue weighted by Gasteiger charge is 2.67. The van der Waals surface area contributed by atoms with Gasteiger partial charge >= 0.3 is 5.97 Å². The molecule has 0 radical (unpaired) electrons. The maximum absolute atomic E-state index is 12.5. The van der Waals surface area contributed by atoms with Crippen LogP contribution in [0.5, 0.6) is 5.75 Å². The van der Waals surface area contributed by atoms with E-state index in [9.17, 15) is 14.4 Å². The van der Waals surface area contributed by atoms with E-state index in [4.69, 9.17) is 9.84 Å². The summed E-state index contributed by atoms with van der Waals surface area (Å²) in [6, 6.07) is 8.07. The molecule has 0 spiro atoms. The van der Waals surface area contributed by atoms with Crippen LogP contribution < -0.4 is 10.1 Å². The average Bonchev–Trinajstić information content (AvgIpc) is 3.01. The number of amides is 2. The van der Waals surface area contributed by atoms with Crippen LogP contribution in [0.25, 0.3) is 0 Å². The van der Waals surface area contributed by atoms with Crippen molar-refractivity contribution in [2.45, 2.75) is 16.3 Å². The Balaban J connectivity index is 1.64. The van der Waals surface area contributed by atoms with Gasteiger partial charge < -0.3 is 20.1 Å². The zero-order valence-electron chi connectivity index (χ0n) is 12.8. The van der Waals surface area contributed by atoms with Crippen molar-refractivity contribution in [1.82, 2.24) is 10.2 Å². The van der Waals surface area contributed by atoms with Gasteiger partial charge in [-0.1, -0.05) is 18.2 Å². The molecule has 1 aromatic rings. The number of nitrogens with zero attached hydrogens (tertiary/aromatic N) is 1. The zero-order chi connectivity index (χ0) is 17.3. The molecule has 3 rings (SSSR count). The highest BCUT2D eigenvalue weighted by Crippen LogP contribution is 2.50. The fraction of sp³-hybridized carbons (Fsp3) is 0.400. The van der Waals surface area contributed by atoms with Crippen molar-refractivity contribution in [1.29, 1.82) is 0 Å². The number of carboxylic acid groups (broad SMARTS) is 1. The third-order valence-corrected chi connectivity index (χ3v) is 6.64. The lowest BCUT2D eigenvalue weighted by Gasteiger charge is -2.52. The zero-order valence-corrected chi connectivity index (χ0v) is 14.4. The number of para-hydroxylation sites is 1. The van der Waals surface area contributed by atoms with Gasteiger partial charge in [0.15, 0.2) is 11.5 Å². The Morgan fingerprint density at radius 2 is 2.17 bits per heavy atom. The van der Waals surface area contributed by atoms with Crippen molar-refractivity contribution in [2.24, 2.45) is 0 Å². The number of carbonyl (C=O) groups excluding carboxylic acids is 2. The summed E-state index contributed by atoms with van der Waals surface area (Å²) in [5.74, 6) is -0.920. The molecule has 2 N–H and O–H groups in total. The van der Waals surface area contributed by atoms with Gasteiger partial charge in [0.2, 0.25) is 0 Å². The van der Waals surface area contributed by atoms with Crippen molar-refractivity contribution in [3.63, 3.8) is 0 Å². The number of aliphatic carboxylic acids is 1. The summed E-state index contributed by atoms with van der Waals surface area (Å²) in [4.78, 5) is 36.1. The minimum atomic E-state index is -1.12. The van der Waals surface area contributed by atoms with E-state index in [1.54, 1.807) is 30.5 Å². The van der Waals surface area contributed by atoms with E-state index in [1.807, 2.05) is 6.07 Å². The molecule has 1 unspecified atom stereocenters. The van der Waals surface area contributed by atoms with Crippen molar-refractivity contribution in [3.8, 4) is 5.75 Å². The number of nitrogens with one attached hydrogen (secondary N) is 1. The van der Waals surface area contributed by atoms with Gasteiger partial charge in [-0.05, 0) is 18.4 Å². The number of carboxylic acids is 1. The van der Waals surface area contributed by atoms with Crippen LogP contribution in [-0.4, -0.2) is 62.7 Å². The first kappa shape index (κ1) is 17.0. The molecule has 2 amide bonds. The standard InChI is InChI=1S/C15H16N2O5S2/c1-23-15(13(21)17-10(12(19)20)8-24-14(15)17)16-11(18)7-22-9-5-3-2-4-6-9/h2-6,10,14H,7-8H2,1H3,(H,16,18)(H,19,20)/t10?,14-,15-/m0/s1. The lowest BCUT2D eigenvalue weighted by atomic mass is 10.0. The second-order valence-corrected chi connectivity index (χ2v) is 7.51. The van der Waals surface area contributed by atoms with Crippen molar-refractivity contribution in [3.05, 3.63) is 30.3 Å². The molecule has 3 atom stereocenters. The van der Waals surface area contributed by atoms with Crippen molar-refractivity contribution < 1.29 is 24.2 Å². The lowest BCUT2D eigenvalue weighted by Crippen LogP contribution is -2.77. The van der Waals surface area contributed by atoms with Gasteiger partial charge in [-0.2, -0.15) is 0 Å². The third kappa shape index (κ3) is 2.71. The van der Waals surface area contributed by atoms with Gasteiger partial charge in [0.1, 0.15) is 17.2 Å². The summed E-state index contributed by atoms with van der Waals surface area (Å²) in [6.45, 7) is -0.209. The van der Waals surface area contributed by atoms with Gasteiger partial charge in [-0.3, -0.25) is 9.59 Å². The van der Waals surface area contributed by atoms with E-state index in [0.29, 0.717) is 11.5 Å². The predicted octanol–water partition coefficient (Wildman–Crippen LogP) is 0.609. The molecule has 2 heterocycles. The average molecular weight is 368 g/mol.